The minimum Gasteiger partial charge on any atom is -0.505 e. The zero-order valence-corrected chi connectivity index (χ0v) is 47.3. The van der Waals surface area contributed by atoms with Crippen molar-refractivity contribution < 1.29 is 9.52 Å². The van der Waals surface area contributed by atoms with Crippen molar-refractivity contribution in [2.75, 3.05) is 9.80 Å². The number of hydrogen-bond acceptors (Lipinski definition) is 4. The van der Waals surface area contributed by atoms with Crippen LogP contribution >= 0.6 is 0 Å². The molecule has 0 bridgehead atoms. The van der Waals surface area contributed by atoms with E-state index in [1.807, 2.05) is 0 Å². The van der Waals surface area contributed by atoms with Crippen LogP contribution in [0.3, 0.4) is 0 Å². The van der Waals surface area contributed by atoms with E-state index < -0.39 is 0 Å². The molecule has 12 aromatic carbocycles. The van der Waals surface area contributed by atoms with Gasteiger partial charge in [-0.15, -0.1) is 0 Å². The van der Waals surface area contributed by atoms with Crippen molar-refractivity contribution in [3.8, 4) is 39.1 Å². The van der Waals surface area contributed by atoms with Crippen LogP contribution in [0.5, 0.6) is 5.75 Å². The Bertz CT molecular complexity index is 4630. The number of furan rings is 1. The van der Waals surface area contributed by atoms with Gasteiger partial charge in [-0.3, -0.25) is 0 Å². The Morgan fingerprint density at radius 3 is 1.49 bits per heavy atom. The third kappa shape index (κ3) is 8.17. The topological polar surface area (TPSA) is 39.9 Å². The number of anilines is 6. The molecule has 400 valence electrons. The van der Waals surface area contributed by atoms with E-state index in [-0.39, 0.29) is 5.75 Å². The molecule has 0 amide bonds. The summed E-state index contributed by atoms with van der Waals surface area (Å²) in [5, 5.41) is 23.0. The number of hydrogen-bond donors (Lipinski definition) is 1. The lowest BCUT2D eigenvalue weighted by molar-refractivity contribution is 0.478. The zero-order chi connectivity index (χ0) is 55.2. The van der Waals surface area contributed by atoms with Crippen molar-refractivity contribution in [3.05, 3.63) is 246 Å². The molecule has 0 aliphatic heterocycles. The number of fused-ring (bicyclic) bond motifs is 3. The molecule has 0 radical (unpaired) electrons. The first-order valence-corrected chi connectivity index (χ1v) is 29.8. The molecule has 0 atom stereocenters. The molecule has 0 unspecified atom stereocenters. The van der Waals surface area contributed by atoms with E-state index >= 15 is 0 Å². The fourth-order valence-corrected chi connectivity index (χ4v) is 14.7. The minimum atomic E-state index is 0.256. The molecule has 2 fully saturated rings. The summed E-state index contributed by atoms with van der Waals surface area (Å²) in [5.74, 6) is 1.08. The van der Waals surface area contributed by atoms with Crippen molar-refractivity contribution in [3.63, 3.8) is 0 Å². The van der Waals surface area contributed by atoms with E-state index in [1.165, 1.54) is 96.9 Å². The lowest BCUT2D eigenvalue weighted by Gasteiger charge is -2.33. The largest absolute Gasteiger partial charge is 0.505 e. The predicted molar refractivity (Wildman–Crippen MR) is 346 cm³/mol. The number of phenolic OH excluding ortho intramolecular Hbond substituents is 1. The molecule has 1 heterocycles. The number of para-hydroxylation sites is 4. The maximum Gasteiger partial charge on any atom is 0.159 e. The first-order chi connectivity index (χ1) is 40.3. The van der Waals surface area contributed by atoms with Crippen LogP contribution in [0.2, 0.25) is 0 Å². The minimum absolute atomic E-state index is 0.256. The summed E-state index contributed by atoms with van der Waals surface area (Å²) in [6.45, 7) is 8.76. The summed E-state index contributed by atoms with van der Waals surface area (Å²) in [4.78, 5) is 4.90. The van der Waals surface area contributed by atoms with Gasteiger partial charge in [-0.05, 0) is 191 Å². The van der Waals surface area contributed by atoms with Gasteiger partial charge in [0.05, 0.1) is 22.7 Å². The van der Waals surface area contributed by atoms with Crippen LogP contribution in [0, 0.1) is 27.7 Å². The molecular weight excluding hydrogens is 997 g/mol. The summed E-state index contributed by atoms with van der Waals surface area (Å²) in [7, 11) is 0. The lowest BCUT2D eigenvalue weighted by atomic mass is 9.82. The van der Waals surface area contributed by atoms with Crippen LogP contribution in [-0.4, -0.2) is 5.11 Å². The van der Waals surface area contributed by atoms with Crippen molar-refractivity contribution in [1.29, 1.82) is 0 Å². The number of phenols is 1. The molecule has 4 nitrogen and oxygen atoms in total. The summed E-state index contributed by atoms with van der Waals surface area (Å²) >= 11 is 0. The van der Waals surface area contributed by atoms with E-state index in [4.69, 9.17) is 4.42 Å². The molecule has 1 aromatic heterocycles. The Balaban J connectivity index is 1.02. The standard InChI is InChI=1S/C78H66N2O2/c1-48-20-15-30-56(44-48)79(71-39-19-36-64-63-35-17-34-62(77(63)82-78(64)71)58-32-13-6-22-50(58)3)72-46-67(52-24-8-9-25-52)60-41-43-66-73(47-68(53-26-10-11-27-53)61-40-42-65(72)74(60)75(61)66)80(69-37-14-7-23-51(69)4)70-38-18-33-59(76(70)81)55-29-16-28-54(45-55)57-31-12-5-21-49(57)2/h5-7,12-23,28-47,52-53,81H,8-11,24-27H2,1-4H3. The van der Waals surface area contributed by atoms with E-state index in [0.29, 0.717) is 11.8 Å². The number of aromatic hydroxyl groups is 1. The molecule has 1 N–H and O–H groups in total. The Hall–Kier alpha value is -9.12. The van der Waals surface area contributed by atoms with Crippen LogP contribution in [0.25, 0.3) is 87.6 Å². The van der Waals surface area contributed by atoms with Gasteiger partial charge in [0, 0.05) is 44.0 Å². The van der Waals surface area contributed by atoms with Crippen molar-refractivity contribution in [2.24, 2.45) is 0 Å². The molecule has 0 spiro atoms. The van der Waals surface area contributed by atoms with E-state index in [9.17, 15) is 5.11 Å². The van der Waals surface area contributed by atoms with Gasteiger partial charge in [-0.25, -0.2) is 0 Å². The fourth-order valence-electron chi connectivity index (χ4n) is 14.7. The van der Waals surface area contributed by atoms with Crippen LogP contribution in [0.4, 0.5) is 34.1 Å². The summed E-state index contributed by atoms with van der Waals surface area (Å²) in [5.41, 5.74) is 21.9. The van der Waals surface area contributed by atoms with Gasteiger partial charge in [0.15, 0.2) is 5.58 Å². The highest BCUT2D eigenvalue weighted by Crippen LogP contribution is 2.56. The third-order valence-electron chi connectivity index (χ3n) is 18.7. The second-order valence-corrected chi connectivity index (χ2v) is 23.6. The van der Waals surface area contributed by atoms with Crippen molar-refractivity contribution in [2.45, 2.75) is 90.9 Å². The maximum atomic E-state index is 13.1. The summed E-state index contributed by atoms with van der Waals surface area (Å²) < 4.78 is 7.35. The Morgan fingerprint density at radius 2 is 0.841 bits per heavy atom. The van der Waals surface area contributed by atoms with E-state index in [2.05, 4.69) is 250 Å². The fraction of sp³-hybridized carbons (Fsp3) is 0.179. The third-order valence-corrected chi connectivity index (χ3v) is 18.7. The molecule has 2 saturated carbocycles. The van der Waals surface area contributed by atoms with Gasteiger partial charge in [0.1, 0.15) is 11.3 Å². The van der Waals surface area contributed by atoms with Gasteiger partial charge in [0.2, 0.25) is 0 Å². The van der Waals surface area contributed by atoms with Crippen molar-refractivity contribution in [1.82, 2.24) is 0 Å². The van der Waals surface area contributed by atoms with Crippen LogP contribution < -0.4 is 9.80 Å². The number of rotatable bonds is 11. The van der Waals surface area contributed by atoms with Crippen LogP contribution in [-0.2, 0) is 0 Å². The molecule has 2 aliphatic rings. The predicted octanol–water partition coefficient (Wildman–Crippen LogP) is 22.7. The SMILES string of the molecule is Cc1cccc(N(c2cc(C3CCCC3)c3ccc4c(N(c5ccccc5C)c5cccc(-c6cccc(-c7ccccc7C)c6)c5O)cc(C5CCCC5)c5ccc2c3c54)c2cccc3c2oc2c(-c4ccccc4C)cccc23)c1. The molecule has 4 heteroatoms. The molecule has 15 rings (SSSR count). The monoisotopic (exact) mass is 1060 g/mol. The van der Waals surface area contributed by atoms with Gasteiger partial charge in [-0.1, -0.05) is 189 Å². The Labute approximate surface area is 480 Å². The van der Waals surface area contributed by atoms with Gasteiger partial charge < -0.3 is 19.3 Å². The summed E-state index contributed by atoms with van der Waals surface area (Å²) in [6, 6.07) is 78.0. The zero-order valence-electron chi connectivity index (χ0n) is 47.3. The smallest absolute Gasteiger partial charge is 0.159 e. The van der Waals surface area contributed by atoms with Gasteiger partial charge >= 0.3 is 0 Å². The average Bonchev–Trinajstić information content (AvgIpc) is 1.76. The van der Waals surface area contributed by atoms with Gasteiger partial charge in [0.25, 0.3) is 0 Å². The quantitative estimate of drug-likeness (QED) is 0.131. The maximum absolute atomic E-state index is 13.1. The number of nitrogens with zero attached hydrogens (tertiary/aromatic N) is 2. The second-order valence-electron chi connectivity index (χ2n) is 23.6. The number of benzene rings is 12. The number of aryl methyl sites for hydroxylation is 4. The highest BCUT2D eigenvalue weighted by molar-refractivity contribution is 6.30. The molecule has 82 heavy (non-hydrogen) atoms. The highest BCUT2D eigenvalue weighted by atomic mass is 16.3. The Kier molecular flexibility index (Phi) is 12.3. The van der Waals surface area contributed by atoms with Gasteiger partial charge in [-0.2, -0.15) is 0 Å². The molecule has 13 aromatic rings. The molecular formula is C78H66N2O2. The molecule has 0 saturated heterocycles. The average molecular weight is 1060 g/mol. The first kappa shape index (κ1) is 49.9. The first-order valence-electron chi connectivity index (χ1n) is 29.8. The normalized spacial score (nSPS) is 14.1. The summed E-state index contributed by atoms with van der Waals surface area (Å²) in [6.07, 6.45) is 9.52. The lowest BCUT2D eigenvalue weighted by Crippen LogP contribution is -2.14. The highest BCUT2D eigenvalue weighted by Gasteiger charge is 2.32. The van der Waals surface area contributed by atoms with Crippen LogP contribution in [0.15, 0.2) is 217 Å². The van der Waals surface area contributed by atoms with Crippen molar-refractivity contribution >= 4 is 88.4 Å². The molecule has 2 aliphatic carbocycles. The Morgan fingerprint density at radius 1 is 0.354 bits per heavy atom. The second kappa shape index (κ2) is 20.1. The van der Waals surface area contributed by atoms with E-state index in [1.54, 1.807) is 0 Å². The van der Waals surface area contributed by atoms with Crippen LogP contribution in [0.1, 0.15) is 96.6 Å². The van der Waals surface area contributed by atoms with E-state index in [0.717, 1.165) is 110 Å².